The van der Waals surface area contributed by atoms with Gasteiger partial charge in [-0.25, -0.2) is 4.79 Å². The highest BCUT2D eigenvalue weighted by Gasteiger charge is 2.49. The van der Waals surface area contributed by atoms with Crippen LogP contribution in [0.15, 0.2) is 24.3 Å². The molecule has 0 aromatic heterocycles. The molecule has 3 rings (SSSR count). The van der Waals surface area contributed by atoms with Gasteiger partial charge in [-0.05, 0) is 43.5 Å². The van der Waals surface area contributed by atoms with Crippen molar-refractivity contribution in [2.45, 2.75) is 37.9 Å². The second-order valence-electron chi connectivity index (χ2n) is 7.48. The van der Waals surface area contributed by atoms with Crippen LogP contribution in [0, 0.1) is 5.92 Å². The van der Waals surface area contributed by atoms with E-state index in [0.717, 1.165) is 24.9 Å². The van der Waals surface area contributed by atoms with Crippen LogP contribution in [0.1, 0.15) is 26.2 Å². The van der Waals surface area contributed by atoms with Crippen molar-refractivity contribution in [3.63, 3.8) is 0 Å². The fourth-order valence-corrected chi connectivity index (χ4v) is 3.99. The van der Waals surface area contributed by atoms with Gasteiger partial charge in [-0.2, -0.15) is 0 Å². The van der Waals surface area contributed by atoms with Crippen LogP contribution in [0.5, 0.6) is 0 Å². The standard InChI is InChI=1S/C19H26ClN3O3/c1-13-12-23(18(25)21-15-6-4-14(20)5-7-15)11-10-19(13)9-8-16(26-19)17(24)22(2)3/h4-7,13,16H,8-12H2,1-3H3,(H,21,25)/t13-,16+,19-/m1/s1. The van der Waals surface area contributed by atoms with E-state index in [1.165, 1.54) is 0 Å². The van der Waals surface area contributed by atoms with Crippen molar-refractivity contribution in [2.75, 3.05) is 32.5 Å². The van der Waals surface area contributed by atoms with E-state index in [2.05, 4.69) is 12.2 Å². The number of urea groups is 1. The van der Waals surface area contributed by atoms with Gasteiger partial charge in [0.25, 0.3) is 5.91 Å². The summed E-state index contributed by atoms with van der Waals surface area (Å²) in [5.41, 5.74) is 0.425. The van der Waals surface area contributed by atoms with E-state index in [4.69, 9.17) is 16.3 Å². The molecule has 0 aliphatic carbocycles. The maximum Gasteiger partial charge on any atom is 0.321 e. The first-order valence-corrected chi connectivity index (χ1v) is 9.39. The van der Waals surface area contributed by atoms with Gasteiger partial charge in [-0.3, -0.25) is 4.79 Å². The highest BCUT2D eigenvalue weighted by atomic mass is 35.5. The number of halogens is 1. The summed E-state index contributed by atoms with van der Waals surface area (Å²) in [5.74, 6) is 0.198. The molecule has 3 atom stereocenters. The van der Waals surface area contributed by atoms with E-state index < -0.39 is 0 Å². The minimum atomic E-state index is -0.359. The Morgan fingerprint density at radius 1 is 1.27 bits per heavy atom. The zero-order valence-electron chi connectivity index (χ0n) is 15.5. The number of hydrogen-bond donors (Lipinski definition) is 1. The van der Waals surface area contributed by atoms with Crippen molar-refractivity contribution in [2.24, 2.45) is 5.92 Å². The highest BCUT2D eigenvalue weighted by Crippen LogP contribution is 2.42. The zero-order chi connectivity index (χ0) is 18.9. The number of amides is 3. The number of nitrogens with one attached hydrogen (secondary N) is 1. The van der Waals surface area contributed by atoms with Crippen LogP contribution in [0.25, 0.3) is 0 Å². The Morgan fingerprint density at radius 2 is 1.96 bits per heavy atom. The number of likely N-dealkylation sites (N-methyl/N-ethyl adjacent to an activating group) is 1. The maximum atomic E-state index is 12.5. The third-order valence-electron chi connectivity index (χ3n) is 5.50. The van der Waals surface area contributed by atoms with Gasteiger partial charge in [-0.1, -0.05) is 18.5 Å². The predicted octanol–water partition coefficient (Wildman–Crippen LogP) is 3.22. The van der Waals surface area contributed by atoms with Gasteiger partial charge in [0.2, 0.25) is 0 Å². The molecule has 2 aliphatic heterocycles. The Hall–Kier alpha value is -1.79. The summed E-state index contributed by atoms with van der Waals surface area (Å²) in [4.78, 5) is 28.1. The number of hydrogen-bond acceptors (Lipinski definition) is 3. The summed E-state index contributed by atoms with van der Waals surface area (Å²) >= 11 is 5.87. The molecule has 0 radical (unpaired) electrons. The number of rotatable bonds is 2. The van der Waals surface area contributed by atoms with Crippen LogP contribution < -0.4 is 5.32 Å². The van der Waals surface area contributed by atoms with E-state index >= 15 is 0 Å². The molecule has 0 bridgehead atoms. The molecule has 0 saturated carbocycles. The monoisotopic (exact) mass is 379 g/mol. The van der Waals surface area contributed by atoms with E-state index in [0.29, 0.717) is 18.1 Å². The molecule has 1 spiro atoms. The number of benzene rings is 1. The van der Waals surface area contributed by atoms with Crippen LogP contribution in [0.2, 0.25) is 5.02 Å². The van der Waals surface area contributed by atoms with Gasteiger partial charge in [0, 0.05) is 43.8 Å². The Labute approximate surface area is 159 Å². The first kappa shape index (κ1) is 19.0. The van der Waals surface area contributed by atoms with Crippen molar-refractivity contribution in [3.8, 4) is 0 Å². The molecular formula is C19H26ClN3O3. The van der Waals surface area contributed by atoms with E-state index in [-0.39, 0.29) is 29.6 Å². The molecule has 142 valence electrons. The van der Waals surface area contributed by atoms with Crippen LogP contribution in [0.3, 0.4) is 0 Å². The quantitative estimate of drug-likeness (QED) is 0.858. The van der Waals surface area contributed by atoms with Gasteiger partial charge in [0.15, 0.2) is 0 Å². The number of carbonyl (C=O) groups is 2. The van der Waals surface area contributed by atoms with Gasteiger partial charge in [-0.15, -0.1) is 0 Å². The number of likely N-dealkylation sites (tertiary alicyclic amines) is 1. The SMILES string of the molecule is C[C@@H]1CN(C(=O)Nc2ccc(Cl)cc2)CC[C@]12CC[C@@H](C(=O)N(C)C)O2. The number of ether oxygens (including phenoxy) is 1. The van der Waals surface area contributed by atoms with Crippen LogP contribution in [-0.2, 0) is 9.53 Å². The molecule has 3 amide bonds. The molecule has 6 nitrogen and oxygen atoms in total. The number of piperidine rings is 1. The Morgan fingerprint density at radius 3 is 2.58 bits per heavy atom. The smallest absolute Gasteiger partial charge is 0.321 e. The topological polar surface area (TPSA) is 61.9 Å². The summed E-state index contributed by atoms with van der Waals surface area (Å²) in [6.45, 7) is 3.33. The lowest BCUT2D eigenvalue weighted by Gasteiger charge is -2.44. The maximum absolute atomic E-state index is 12.5. The molecular weight excluding hydrogens is 354 g/mol. The third kappa shape index (κ3) is 3.81. The van der Waals surface area contributed by atoms with E-state index in [9.17, 15) is 9.59 Å². The van der Waals surface area contributed by atoms with Crippen molar-refractivity contribution < 1.29 is 14.3 Å². The van der Waals surface area contributed by atoms with Crippen LogP contribution >= 0.6 is 11.6 Å². The minimum Gasteiger partial charge on any atom is -0.362 e. The molecule has 2 fully saturated rings. The molecule has 1 aromatic rings. The molecule has 26 heavy (non-hydrogen) atoms. The Bertz CT molecular complexity index is 679. The summed E-state index contributed by atoms with van der Waals surface area (Å²) < 4.78 is 6.22. The summed E-state index contributed by atoms with van der Waals surface area (Å²) in [6, 6.07) is 6.95. The fourth-order valence-electron chi connectivity index (χ4n) is 3.86. The zero-order valence-corrected chi connectivity index (χ0v) is 16.3. The predicted molar refractivity (Wildman–Crippen MR) is 101 cm³/mol. The average Bonchev–Trinajstić information content (AvgIpc) is 3.04. The number of carbonyl (C=O) groups excluding carboxylic acids is 2. The normalized spacial score (nSPS) is 28.2. The largest absolute Gasteiger partial charge is 0.362 e. The van der Waals surface area contributed by atoms with Gasteiger partial charge >= 0.3 is 6.03 Å². The van der Waals surface area contributed by atoms with Gasteiger partial charge in [0.05, 0.1) is 5.60 Å². The minimum absolute atomic E-state index is 0.0250. The average molecular weight is 380 g/mol. The Balaban J connectivity index is 1.59. The van der Waals surface area contributed by atoms with Gasteiger partial charge in [0.1, 0.15) is 6.10 Å². The molecule has 1 aromatic carbocycles. The summed E-state index contributed by atoms with van der Waals surface area (Å²) in [5, 5.41) is 3.54. The second kappa shape index (κ2) is 7.45. The lowest BCUT2D eigenvalue weighted by atomic mass is 9.80. The molecule has 7 heteroatoms. The van der Waals surface area contributed by atoms with E-state index in [1.54, 1.807) is 43.3 Å². The van der Waals surface area contributed by atoms with Gasteiger partial charge < -0.3 is 19.9 Å². The first-order valence-electron chi connectivity index (χ1n) is 9.01. The lowest BCUT2D eigenvalue weighted by molar-refractivity contribution is -0.153. The summed E-state index contributed by atoms with van der Waals surface area (Å²) in [6.07, 6.45) is 2.00. The van der Waals surface area contributed by atoms with E-state index in [1.807, 2.05) is 4.90 Å². The van der Waals surface area contributed by atoms with Crippen molar-refractivity contribution in [3.05, 3.63) is 29.3 Å². The van der Waals surface area contributed by atoms with Crippen molar-refractivity contribution in [1.29, 1.82) is 0 Å². The number of nitrogens with zero attached hydrogens (tertiary/aromatic N) is 2. The van der Waals surface area contributed by atoms with Crippen LogP contribution in [0.4, 0.5) is 10.5 Å². The lowest BCUT2D eigenvalue weighted by Crippen LogP contribution is -2.53. The Kier molecular flexibility index (Phi) is 5.44. The fraction of sp³-hybridized carbons (Fsp3) is 0.579. The first-order chi connectivity index (χ1) is 12.3. The summed E-state index contributed by atoms with van der Waals surface area (Å²) in [7, 11) is 3.51. The highest BCUT2D eigenvalue weighted by molar-refractivity contribution is 6.30. The third-order valence-corrected chi connectivity index (χ3v) is 5.75. The molecule has 2 heterocycles. The van der Waals surface area contributed by atoms with Crippen molar-refractivity contribution in [1.82, 2.24) is 9.80 Å². The molecule has 0 unspecified atom stereocenters. The van der Waals surface area contributed by atoms with Crippen LogP contribution in [-0.4, -0.2) is 60.6 Å². The molecule has 2 aliphatic rings. The molecule has 1 N–H and O–H groups in total. The second-order valence-corrected chi connectivity index (χ2v) is 7.91. The number of anilines is 1. The molecule has 2 saturated heterocycles. The van der Waals surface area contributed by atoms with Crippen molar-refractivity contribution >= 4 is 29.2 Å².